The number of aromatic nitrogens is 4. The molecule has 0 saturated carbocycles. The van der Waals surface area contributed by atoms with E-state index in [4.69, 9.17) is 0 Å². The maximum atomic E-state index is 12.8. The van der Waals surface area contributed by atoms with Gasteiger partial charge in [0.2, 0.25) is 0 Å². The van der Waals surface area contributed by atoms with Crippen LogP contribution in [0.3, 0.4) is 0 Å². The molecule has 0 saturated heterocycles. The average molecular weight is 333 g/mol. The minimum Gasteiger partial charge on any atom is -0.374 e. The van der Waals surface area contributed by atoms with Crippen LogP contribution >= 0.6 is 0 Å². The first-order chi connectivity index (χ1) is 11.4. The summed E-state index contributed by atoms with van der Waals surface area (Å²) in [6.07, 6.45) is 3.62. The van der Waals surface area contributed by atoms with Gasteiger partial charge in [0.05, 0.1) is 47.3 Å². The summed E-state index contributed by atoms with van der Waals surface area (Å²) in [7, 11) is 0. The first-order valence-corrected chi connectivity index (χ1v) is 7.18. The van der Waals surface area contributed by atoms with Gasteiger partial charge in [0.25, 0.3) is 0 Å². The van der Waals surface area contributed by atoms with Crippen molar-refractivity contribution in [1.29, 1.82) is 0 Å². The third kappa shape index (κ3) is 3.53. The SMILES string of the molecule is CC(Nc1cnn(-c2cccc(C(F)(F)F)c2)c1)c1cnccn1. The lowest BCUT2D eigenvalue weighted by Gasteiger charge is -2.12. The van der Waals surface area contributed by atoms with Gasteiger partial charge >= 0.3 is 6.18 Å². The van der Waals surface area contributed by atoms with E-state index in [0.717, 1.165) is 17.8 Å². The summed E-state index contributed by atoms with van der Waals surface area (Å²) in [5.74, 6) is 0. The molecule has 124 valence electrons. The van der Waals surface area contributed by atoms with E-state index in [9.17, 15) is 13.2 Å². The second-order valence-electron chi connectivity index (χ2n) is 5.22. The maximum Gasteiger partial charge on any atom is 0.416 e. The number of anilines is 1. The smallest absolute Gasteiger partial charge is 0.374 e. The molecule has 1 N–H and O–H groups in total. The normalized spacial score (nSPS) is 12.8. The molecule has 0 radical (unpaired) electrons. The van der Waals surface area contributed by atoms with Crippen molar-refractivity contribution >= 4 is 5.69 Å². The van der Waals surface area contributed by atoms with E-state index in [2.05, 4.69) is 20.4 Å². The van der Waals surface area contributed by atoms with Crippen molar-refractivity contribution < 1.29 is 13.2 Å². The van der Waals surface area contributed by atoms with E-state index < -0.39 is 11.7 Å². The molecule has 2 aromatic heterocycles. The van der Waals surface area contributed by atoms with Crippen LogP contribution in [-0.4, -0.2) is 19.7 Å². The van der Waals surface area contributed by atoms with E-state index in [1.807, 2.05) is 6.92 Å². The minimum absolute atomic E-state index is 0.113. The summed E-state index contributed by atoms with van der Waals surface area (Å²) in [6, 6.07) is 4.90. The molecule has 0 spiro atoms. The number of benzene rings is 1. The van der Waals surface area contributed by atoms with Crippen LogP contribution in [0.15, 0.2) is 55.2 Å². The maximum absolute atomic E-state index is 12.8. The summed E-state index contributed by atoms with van der Waals surface area (Å²) >= 11 is 0. The average Bonchev–Trinajstić information content (AvgIpc) is 3.03. The first kappa shape index (κ1) is 16.0. The van der Waals surface area contributed by atoms with Gasteiger partial charge in [-0.05, 0) is 25.1 Å². The molecule has 0 fully saturated rings. The number of nitrogens with zero attached hydrogens (tertiary/aromatic N) is 4. The van der Waals surface area contributed by atoms with Crippen LogP contribution in [0.4, 0.5) is 18.9 Å². The predicted octanol–water partition coefficient (Wildman–Crippen LogP) is 3.85. The van der Waals surface area contributed by atoms with Gasteiger partial charge in [0, 0.05) is 12.4 Å². The number of hydrogen-bond acceptors (Lipinski definition) is 4. The third-order valence-electron chi connectivity index (χ3n) is 3.43. The molecule has 3 rings (SSSR count). The molecule has 24 heavy (non-hydrogen) atoms. The van der Waals surface area contributed by atoms with Crippen LogP contribution in [0.25, 0.3) is 5.69 Å². The van der Waals surface area contributed by atoms with Crippen LogP contribution in [-0.2, 0) is 6.18 Å². The lowest BCUT2D eigenvalue weighted by molar-refractivity contribution is -0.137. The van der Waals surface area contributed by atoms with Gasteiger partial charge in [-0.25, -0.2) is 4.68 Å². The molecule has 1 unspecified atom stereocenters. The van der Waals surface area contributed by atoms with E-state index in [0.29, 0.717) is 11.4 Å². The van der Waals surface area contributed by atoms with Crippen LogP contribution in [0.1, 0.15) is 24.2 Å². The molecule has 0 aliphatic rings. The largest absolute Gasteiger partial charge is 0.416 e. The van der Waals surface area contributed by atoms with E-state index in [-0.39, 0.29) is 6.04 Å². The quantitative estimate of drug-likeness (QED) is 0.788. The summed E-state index contributed by atoms with van der Waals surface area (Å²) in [6.45, 7) is 1.91. The van der Waals surface area contributed by atoms with Gasteiger partial charge in [-0.15, -0.1) is 0 Å². The standard InChI is InChI=1S/C16H14F3N5/c1-11(15-9-20-5-6-21-15)23-13-8-22-24(10-13)14-4-2-3-12(7-14)16(17,18)19/h2-11,23H,1H3. The Kier molecular flexibility index (Phi) is 4.20. The van der Waals surface area contributed by atoms with Crippen molar-refractivity contribution in [3.05, 3.63) is 66.5 Å². The minimum atomic E-state index is -4.38. The zero-order valence-electron chi connectivity index (χ0n) is 12.7. The van der Waals surface area contributed by atoms with Gasteiger partial charge in [-0.3, -0.25) is 9.97 Å². The fourth-order valence-electron chi connectivity index (χ4n) is 2.22. The highest BCUT2D eigenvalue weighted by atomic mass is 19.4. The van der Waals surface area contributed by atoms with Crippen LogP contribution in [0, 0.1) is 0 Å². The van der Waals surface area contributed by atoms with Crippen LogP contribution < -0.4 is 5.32 Å². The Bertz CT molecular complexity index is 814. The van der Waals surface area contributed by atoms with Gasteiger partial charge in [0.15, 0.2) is 0 Å². The monoisotopic (exact) mass is 333 g/mol. The topological polar surface area (TPSA) is 55.6 Å². The number of alkyl halides is 3. The van der Waals surface area contributed by atoms with E-state index in [1.54, 1.807) is 37.1 Å². The van der Waals surface area contributed by atoms with E-state index in [1.165, 1.54) is 10.7 Å². The van der Waals surface area contributed by atoms with Crippen molar-refractivity contribution in [2.24, 2.45) is 0 Å². The number of rotatable bonds is 4. The fraction of sp³-hybridized carbons (Fsp3) is 0.188. The van der Waals surface area contributed by atoms with Crippen LogP contribution in [0.2, 0.25) is 0 Å². The lowest BCUT2D eigenvalue weighted by Crippen LogP contribution is -2.08. The van der Waals surface area contributed by atoms with Crippen molar-refractivity contribution in [2.45, 2.75) is 19.1 Å². The van der Waals surface area contributed by atoms with Gasteiger partial charge in [-0.2, -0.15) is 18.3 Å². The molecule has 0 bridgehead atoms. The molecular formula is C16H14F3N5. The zero-order valence-corrected chi connectivity index (χ0v) is 12.7. The summed E-state index contributed by atoms with van der Waals surface area (Å²) in [5, 5.41) is 7.29. The molecule has 0 aliphatic carbocycles. The molecule has 0 aliphatic heterocycles. The van der Waals surface area contributed by atoms with Crippen molar-refractivity contribution in [3.8, 4) is 5.69 Å². The Labute approximate surface area is 136 Å². The highest BCUT2D eigenvalue weighted by Crippen LogP contribution is 2.30. The Morgan fingerprint density at radius 3 is 2.71 bits per heavy atom. The Morgan fingerprint density at radius 2 is 2.00 bits per heavy atom. The first-order valence-electron chi connectivity index (χ1n) is 7.18. The summed E-state index contributed by atoms with van der Waals surface area (Å²) in [5.41, 5.74) is 1.05. The second kappa shape index (κ2) is 6.31. The van der Waals surface area contributed by atoms with Gasteiger partial charge in [-0.1, -0.05) is 6.07 Å². The number of nitrogens with one attached hydrogen (secondary N) is 1. The molecule has 0 amide bonds. The number of halogens is 3. The van der Waals surface area contributed by atoms with Crippen molar-refractivity contribution in [1.82, 2.24) is 19.7 Å². The Morgan fingerprint density at radius 1 is 1.17 bits per heavy atom. The molecular weight excluding hydrogens is 319 g/mol. The highest BCUT2D eigenvalue weighted by molar-refractivity contribution is 5.45. The van der Waals surface area contributed by atoms with Crippen molar-refractivity contribution in [3.63, 3.8) is 0 Å². The zero-order chi connectivity index (χ0) is 17.2. The Hall–Kier alpha value is -2.90. The van der Waals surface area contributed by atoms with Crippen LogP contribution in [0.5, 0.6) is 0 Å². The summed E-state index contributed by atoms with van der Waals surface area (Å²) < 4.78 is 39.8. The van der Waals surface area contributed by atoms with Gasteiger partial charge in [0.1, 0.15) is 0 Å². The van der Waals surface area contributed by atoms with Crippen molar-refractivity contribution in [2.75, 3.05) is 5.32 Å². The second-order valence-corrected chi connectivity index (χ2v) is 5.22. The molecule has 1 aromatic carbocycles. The fourth-order valence-corrected chi connectivity index (χ4v) is 2.22. The van der Waals surface area contributed by atoms with Gasteiger partial charge < -0.3 is 5.32 Å². The lowest BCUT2D eigenvalue weighted by atomic mass is 10.2. The molecule has 2 heterocycles. The molecule has 1 atom stereocenters. The molecule has 5 nitrogen and oxygen atoms in total. The highest BCUT2D eigenvalue weighted by Gasteiger charge is 2.30. The molecule has 3 aromatic rings. The Balaban J connectivity index is 1.79. The summed E-state index contributed by atoms with van der Waals surface area (Å²) in [4.78, 5) is 8.20. The third-order valence-corrected chi connectivity index (χ3v) is 3.43. The predicted molar refractivity (Wildman–Crippen MR) is 82.6 cm³/mol. The molecule has 8 heteroatoms. The van der Waals surface area contributed by atoms with E-state index >= 15 is 0 Å². The number of hydrogen-bond donors (Lipinski definition) is 1.